The number of rotatable bonds is 4. The third-order valence-corrected chi connectivity index (χ3v) is 2.75. The van der Waals surface area contributed by atoms with Gasteiger partial charge in [-0.3, -0.25) is 0 Å². The third-order valence-electron chi connectivity index (χ3n) is 2.75. The number of methoxy groups -OCH3 is 1. The second-order valence-electron chi connectivity index (χ2n) is 3.96. The van der Waals surface area contributed by atoms with Crippen LogP contribution in [-0.4, -0.2) is 32.4 Å². The summed E-state index contributed by atoms with van der Waals surface area (Å²) in [4.78, 5) is 11.7. The molecule has 92 valence electrons. The predicted octanol–water partition coefficient (Wildman–Crippen LogP) is 2.03. The molecule has 1 atom stereocenters. The molecule has 1 aliphatic rings. The van der Waals surface area contributed by atoms with Crippen molar-refractivity contribution in [3.63, 3.8) is 0 Å². The van der Waals surface area contributed by atoms with E-state index in [2.05, 4.69) is 0 Å². The highest BCUT2D eigenvalue weighted by atomic mass is 16.6. The van der Waals surface area contributed by atoms with Crippen molar-refractivity contribution in [3.8, 4) is 5.75 Å². The van der Waals surface area contributed by atoms with Crippen LogP contribution >= 0.6 is 0 Å². The number of esters is 1. The Kier molecular flexibility index (Phi) is 3.98. The van der Waals surface area contributed by atoms with E-state index in [-0.39, 0.29) is 12.1 Å². The van der Waals surface area contributed by atoms with E-state index in [1.165, 1.54) is 0 Å². The first-order valence-electron chi connectivity index (χ1n) is 5.72. The molecular formula is C13H16O4. The maximum absolute atomic E-state index is 11.7. The van der Waals surface area contributed by atoms with Crippen molar-refractivity contribution in [2.24, 2.45) is 0 Å². The molecule has 4 nitrogen and oxygen atoms in total. The Bertz CT molecular complexity index is 366. The number of hydrogen-bond donors (Lipinski definition) is 0. The first-order valence-corrected chi connectivity index (χ1v) is 5.72. The van der Waals surface area contributed by atoms with Crippen molar-refractivity contribution < 1.29 is 19.0 Å². The molecule has 1 aromatic carbocycles. The molecule has 0 saturated carbocycles. The van der Waals surface area contributed by atoms with Gasteiger partial charge in [0.05, 0.1) is 18.8 Å². The largest absolute Gasteiger partial charge is 0.497 e. The van der Waals surface area contributed by atoms with E-state index in [0.29, 0.717) is 12.2 Å². The van der Waals surface area contributed by atoms with E-state index in [1.54, 1.807) is 31.4 Å². The number of carbonyl (C=O) groups is 1. The second-order valence-corrected chi connectivity index (χ2v) is 3.96. The summed E-state index contributed by atoms with van der Waals surface area (Å²) in [6.07, 6.45) is 2.08. The lowest BCUT2D eigenvalue weighted by atomic mass is 10.2. The molecule has 0 unspecified atom stereocenters. The Morgan fingerprint density at radius 2 is 2.18 bits per heavy atom. The molecule has 0 bridgehead atoms. The Labute approximate surface area is 100 Å². The van der Waals surface area contributed by atoms with Gasteiger partial charge >= 0.3 is 5.97 Å². The third kappa shape index (κ3) is 3.20. The molecular weight excluding hydrogens is 220 g/mol. The first kappa shape index (κ1) is 11.9. The zero-order valence-corrected chi connectivity index (χ0v) is 9.85. The van der Waals surface area contributed by atoms with Crippen LogP contribution in [0.25, 0.3) is 0 Å². The molecule has 1 fully saturated rings. The first-order chi connectivity index (χ1) is 8.29. The lowest BCUT2D eigenvalue weighted by Crippen LogP contribution is -2.17. The molecule has 0 amide bonds. The number of ether oxygens (including phenoxy) is 3. The van der Waals surface area contributed by atoms with Gasteiger partial charge in [0, 0.05) is 6.61 Å². The highest BCUT2D eigenvalue weighted by Crippen LogP contribution is 2.15. The smallest absolute Gasteiger partial charge is 0.338 e. The van der Waals surface area contributed by atoms with Crippen LogP contribution in [0.2, 0.25) is 0 Å². The van der Waals surface area contributed by atoms with Crippen LogP contribution in [0.1, 0.15) is 23.2 Å². The minimum atomic E-state index is -0.317. The number of carbonyl (C=O) groups excluding carboxylic acids is 1. The van der Waals surface area contributed by atoms with Gasteiger partial charge in [-0.05, 0) is 37.1 Å². The Morgan fingerprint density at radius 1 is 1.41 bits per heavy atom. The molecule has 0 N–H and O–H groups in total. The topological polar surface area (TPSA) is 44.8 Å². The van der Waals surface area contributed by atoms with E-state index >= 15 is 0 Å². The lowest BCUT2D eigenvalue weighted by Gasteiger charge is -2.10. The van der Waals surface area contributed by atoms with Crippen molar-refractivity contribution >= 4 is 5.97 Å². The Hall–Kier alpha value is -1.55. The van der Waals surface area contributed by atoms with Gasteiger partial charge in [0.25, 0.3) is 0 Å². The summed E-state index contributed by atoms with van der Waals surface area (Å²) in [6, 6.07) is 6.86. The van der Waals surface area contributed by atoms with E-state index in [4.69, 9.17) is 14.2 Å². The summed E-state index contributed by atoms with van der Waals surface area (Å²) in [6.45, 7) is 1.11. The van der Waals surface area contributed by atoms with E-state index in [9.17, 15) is 4.79 Å². The summed E-state index contributed by atoms with van der Waals surface area (Å²) < 4.78 is 15.6. The molecule has 0 aliphatic carbocycles. The van der Waals surface area contributed by atoms with Gasteiger partial charge in [0.1, 0.15) is 12.4 Å². The van der Waals surface area contributed by atoms with Gasteiger partial charge < -0.3 is 14.2 Å². The van der Waals surface area contributed by atoms with Crippen molar-refractivity contribution in [3.05, 3.63) is 29.8 Å². The monoisotopic (exact) mass is 236 g/mol. The SMILES string of the molecule is COc1ccc(C(=O)OC[C@H]2CCCO2)cc1. The van der Waals surface area contributed by atoms with Gasteiger partial charge in [-0.1, -0.05) is 0 Å². The standard InChI is InChI=1S/C13H16O4/c1-15-11-6-4-10(5-7-11)13(14)17-9-12-3-2-8-16-12/h4-7,12H,2-3,8-9H2,1H3/t12-/m1/s1. The average Bonchev–Trinajstić information content (AvgIpc) is 2.89. The van der Waals surface area contributed by atoms with Crippen molar-refractivity contribution in [2.75, 3.05) is 20.3 Å². The highest BCUT2D eigenvalue weighted by molar-refractivity contribution is 5.89. The minimum absolute atomic E-state index is 0.0669. The fraction of sp³-hybridized carbons (Fsp3) is 0.462. The number of benzene rings is 1. The van der Waals surface area contributed by atoms with Crippen LogP contribution in [0.3, 0.4) is 0 Å². The van der Waals surface area contributed by atoms with Gasteiger partial charge in [-0.15, -0.1) is 0 Å². The van der Waals surface area contributed by atoms with Crippen LogP contribution in [0.4, 0.5) is 0 Å². The fourth-order valence-electron chi connectivity index (χ4n) is 1.75. The van der Waals surface area contributed by atoms with Crippen LogP contribution in [0, 0.1) is 0 Å². The molecule has 1 aromatic rings. The van der Waals surface area contributed by atoms with Crippen LogP contribution in [0.15, 0.2) is 24.3 Å². The molecule has 1 aliphatic heterocycles. The van der Waals surface area contributed by atoms with Crippen molar-refractivity contribution in [1.82, 2.24) is 0 Å². The summed E-state index contributed by atoms with van der Waals surface area (Å²) >= 11 is 0. The fourth-order valence-corrected chi connectivity index (χ4v) is 1.75. The molecule has 0 spiro atoms. The molecule has 1 heterocycles. The van der Waals surface area contributed by atoms with Crippen molar-refractivity contribution in [1.29, 1.82) is 0 Å². The van der Waals surface area contributed by atoms with E-state index in [1.807, 2.05) is 0 Å². The summed E-state index contributed by atoms with van der Waals surface area (Å²) in [5, 5.41) is 0. The number of hydrogen-bond acceptors (Lipinski definition) is 4. The molecule has 0 radical (unpaired) electrons. The van der Waals surface area contributed by atoms with E-state index < -0.39 is 0 Å². The Balaban J connectivity index is 1.85. The molecule has 4 heteroatoms. The lowest BCUT2D eigenvalue weighted by molar-refractivity contribution is 0.0161. The normalized spacial score (nSPS) is 19.0. The maximum Gasteiger partial charge on any atom is 0.338 e. The maximum atomic E-state index is 11.7. The van der Waals surface area contributed by atoms with Gasteiger partial charge in [-0.25, -0.2) is 4.79 Å². The average molecular weight is 236 g/mol. The van der Waals surface area contributed by atoms with Gasteiger partial charge in [-0.2, -0.15) is 0 Å². The molecule has 1 saturated heterocycles. The van der Waals surface area contributed by atoms with E-state index in [0.717, 1.165) is 25.2 Å². The Morgan fingerprint density at radius 3 is 2.76 bits per heavy atom. The summed E-state index contributed by atoms with van der Waals surface area (Å²) in [7, 11) is 1.59. The molecule has 0 aromatic heterocycles. The molecule has 17 heavy (non-hydrogen) atoms. The van der Waals surface area contributed by atoms with Crippen LogP contribution < -0.4 is 4.74 Å². The quantitative estimate of drug-likeness (QED) is 0.750. The summed E-state index contributed by atoms with van der Waals surface area (Å²) in [5.41, 5.74) is 0.531. The highest BCUT2D eigenvalue weighted by Gasteiger charge is 2.17. The van der Waals surface area contributed by atoms with Gasteiger partial charge in [0.15, 0.2) is 0 Å². The minimum Gasteiger partial charge on any atom is -0.497 e. The molecule has 2 rings (SSSR count). The van der Waals surface area contributed by atoms with Crippen LogP contribution in [-0.2, 0) is 9.47 Å². The second kappa shape index (κ2) is 5.68. The summed E-state index contributed by atoms with van der Waals surface area (Å²) in [5.74, 6) is 0.406. The zero-order chi connectivity index (χ0) is 12.1. The van der Waals surface area contributed by atoms with Crippen molar-refractivity contribution in [2.45, 2.75) is 18.9 Å². The predicted molar refractivity (Wildman–Crippen MR) is 62.3 cm³/mol. The van der Waals surface area contributed by atoms with Gasteiger partial charge in [0.2, 0.25) is 0 Å². The zero-order valence-electron chi connectivity index (χ0n) is 9.85. The van der Waals surface area contributed by atoms with Crippen LogP contribution in [0.5, 0.6) is 5.75 Å².